The highest BCUT2D eigenvalue weighted by molar-refractivity contribution is 6.04. The van der Waals surface area contributed by atoms with Gasteiger partial charge in [-0.1, -0.05) is 18.2 Å². The summed E-state index contributed by atoms with van der Waals surface area (Å²) in [6, 6.07) is 13.2. The number of anilines is 1. The van der Waals surface area contributed by atoms with Crippen molar-refractivity contribution in [3.8, 4) is 0 Å². The minimum atomic E-state index is -0.936. The number of pyridine rings is 1. The van der Waals surface area contributed by atoms with Gasteiger partial charge < -0.3 is 16.0 Å². The van der Waals surface area contributed by atoms with Crippen LogP contribution in [0.3, 0.4) is 0 Å². The van der Waals surface area contributed by atoms with Gasteiger partial charge in [0.2, 0.25) is 5.91 Å². The van der Waals surface area contributed by atoms with Gasteiger partial charge in [-0.05, 0) is 61.6 Å². The molecule has 2 amide bonds. The summed E-state index contributed by atoms with van der Waals surface area (Å²) in [5.41, 5.74) is 7.88. The molecule has 1 saturated carbocycles. The molecule has 3 aromatic rings. The van der Waals surface area contributed by atoms with Crippen molar-refractivity contribution in [1.82, 2.24) is 9.88 Å². The molecule has 1 aliphatic heterocycles. The van der Waals surface area contributed by atoms with Crippen LogP contribution in [0.1, 0.15) is 53.2 Å². The van der Waals surface area contributed by atoms with Gasteiger partial charge in [-0.2, -0.15) is 0 Å². The van der Waals surface area contributed by atoms with E-state index in [-0.39, 0.29) is 23.4 Å². The normalized spacial score (nSPS) is 19.3. The first-order valence-corrected chi connectivity index (χ1v) is 11.7. The summed E-state index contributed by atoms with van der Waals surface area (Å²) in [4.78, 5) is 31.8. The molecular weight excluding hydrogens is 450 g/mol. The maximum Gasteiger partial charge on any atom is 0.255 e. The second kappa shape index (κ2) is 9.19. The minimum absolute atomic E-state index is 0.144. The Morgan fingerprint density at radius 3 is 2.43 bits per heavy atom. The zero-order chi connectivity index (χ0) is 24.6. The van der Waals surface area contributed by atoms with Gasteiger partial charge in [0.05, 0.1) is 17.5 Å². The van der Waals surface area contributed by atoms with E-state index in [2.05, 4.69) is 10.3 Å². The summed E-state index contributed by atoms with van der Waals surface area (Å²) in [5.74, 6) is -1.73. The molecule has 1 saturated heterocycles. The minimum Gasteiger partial charge on any atom is -0.337 e. The van der Waals surface area contributed by atoms with Crippen LogP contribution in [-0.2, 0) is 10.2 Å². The van der Waals surface area contributed by atoms with Gasteiger partial charge >= 0.3 is 0 Å². The van der Waals surface area contributed by atoms with Crippen molar-refractivity contribution in [3.63, 3.8) is 0 Å². The zero-order valence-corrected chi connectivity index (χ0v) is 19.1. The molecule has 8 heteroatoms. The topological polar surface area (TPSA) is 88.3 Å². The lowest BCUT2D eigenvalue weighted by Gasteiger charge is -2.33. The molecule has 180 valence electrons. The van der Waals surface area contributed by atoms with Gasteiger partial charge in [-0.3, -0.25) is 14.6 Å². The number of benzene rings is 2. The van der Waals surface area contributed by atoms with Crippen LogP contribution in [0.25, 0.3) is 0 Å². The molecule has 0 bridgehead atoms. The Labute approximate surface area is 202 Å². The second-order valence-corrected chi connectivity index (χ2v) is 9.25. The van der Waals surface area contributed by atoms with E-state index in [4.69, 9.17) is 5.73 Å². The standard InChI is InChI=1S/C27H26F2N4O2/c28-19-7-8-21(22(29)16-19)27(11-12-27)26(35)33-15-1-2-23(33)24(30)17-3-5-18(6-4-17)25(34)32-20-9-13-31-14-10-20/h3-10,13-14,16,23-24H,1-2,11-12,15,30H2,(H,31,32,34). The predicted molar refractivity (Wildman–Crippen MR) is 128 cm³/mol. The molecule has 2 atom stereocenters. The van der Waals surface area contributed by atoms with Crippen LogP contribution >= 0.6 is 0 Å². The molecule has 2 aliphatic rings. The number of hydrogen-bond acceptors (Lipinski definition) is 4. The van der Waals surface area contributed by atoms with Crippen LogP contribution in [0.4, 0.5) is 14.5 Å². The van der Waals surface area contributed by atoms with Crippen molar-refractivity contribution in [1.29, 1.82) is 0 Å². The van der Waals surface area contributed by atoms with E-state index in [1.54, 1.807) is 53.7 Å². The Kier molecular flexibility index (Phi) is 6.06. The highest BCUT2D eigenvalue weighted by Gasteiger charge is 2.56. The number of rotatable bonds is 6. The first-order valence-electron chi connectivity index (χ1n) is 11.7. The summed E-state index contributed by atoms with van der Waals surface area (Å²) in [6.07, 6.45) is 5.81. The van der Waals surface area contributed by atoms with Gasteiger partial charge in [0.25, 0.3) is 5.91 Å². The molecule has 0 radical (unpaired) electrons. The largest absolute Gasteiger partial charge is 0.337 e. The molecule has 2 fully saturated rings. The van der Waals surface area contributed by atoms with E-state index in [0.29, 0.717) is 30.6 Å². The van der Waals surface area contributed by atoms with Crippen LogP contribution in [0.5, 0.6) is 0 Å². The Bertz CT molecular complexity index is 1250. The smallest absolute Gasteiger partial charge is 0.255 e. The molecular formula is C27H26F2N4O2. The van der Waals surface area contributed by atoms with Crippen molar-refractivity contribution in [2.75, 3.05) is 11.9 Å². The molecule has 2 heterocycles. The Morgan fingerprint density at radius 1 is 1.06 bits per heavy atom. The first kappa shape index (κ1) is 23.1. The lowest BCUT2D eigenvalue weighted by molar-refractivity contribution is -0.135. The molecule has 3 N–H and O–H groups in total. The van der Waals surface area contributed by atoms with Crippen molar-refractivity contribution >= 4 is 17.5 Å². The van der Waals surface area contributed by atoms with Crippen LogP contribution in [0.2, 0.25) is 0 Å². The van der Waals surface area contributed by atoms with Gasteiger partial charge in [-0.15, -0.1) is 0 Å². The zero-order valence-electron chi connectivity index (χ0n) is 19.1. The first-order chi connectivity index (χ1) is 16.9. The number of nitrogens with one attached hydrogen (secondary N) is 1. The molecule has 1 aliphatic carbocycles. The number of nitrogens with zero attached hydrogens (tertiary/aromatic N) is 2. The summed E-state index contributed by atoms with van der Waals surface area (Å²) in [7, 11) is 0. The summed E-state index contributed by atoms with van der Waals surface area (Å²) in [5, 5.41) is 2.81. The molecule has 2 unspecified atom stereocenters. The fourth-order valence-electron chi connectivity index (χ4n) is 5.01. The lowest BCUT2D eigenvalue weighted by Crippen LogP contribution is -2.46. The fourth-order valence-corrected chi connectivity index (χ4v) is 5.01. The summed E-state index contributed by atoms with van der Waals surface area (Å²) in [6.45, 7) is 0.550. The van der Waals surface area contributed by atoms with Crippen LogP contribution in [0.15, 0.2) is 67.0 Å². The number of aromatic nitrogens is 1. The Balaban J connectivity index is 1.31. The molecule has 6 nitrogen and oxygen atoms in total. The monoisotopic (exact) mass is 476 g/mol. The molecule has 5 rings (SSSR count). The summed E-state index contributed by atoms with van der Waals surface area (Å²) >= 11 is 0. The number of carbonyl (C=O) groups is 2. The number of nitrogens with two attached hydrogens (primary N) is 1. The number of likely N-dealkylation sites (tertiary alicyclic amines) is 1. The predicted octanol–water partition coefficient (Wildman–Crippen LogP) is 4.33. The molecule has 2 aromatic carbocycles. The quantitative estimate of drug-likeness (QED) is 0.554. The maximum atomic E-state index is 14.5. The van der Waals surface area contributed by atoms with Crippen molar-refractivity contribution in [2.24, 2.45) is 5.73 Å². The molecule has 1 aromatic heterocycles. The Morgan fingerprint density at radius 2 is 1.77 bits per heavy atom. The third-order valence-electron chi connectivity index (χ3n) is 7.08. The highest BCUT2D eigenvalue weighted by Crippen LogP contribution is 2.51. The second-order valence-electron chi connectivity index (χ2n) is 9.25. The van der Waals surface area contributed by atoms with Crippen molar-refractivity contribution in [3.05, 3.63) is 95.3 Å². The van der Waals surface area contributed by atoms with Crippen LogP contribution < -0.4 is 11.1 Å². The van der Waals surface area contributed by atoms with E-state index in [1.165, 1.54) is 12.1 Å². The van der Waals surface area contributed by atoms with E-state index >= 15 is 0 Å². The number of hydrogen-bond donors (Lipinski definition) is 2. The Hall–Kier alpha value is -3.65. The maximum absolute atomic E-state index is 14.5. The van der Waals surface area contributed by atoms with Gasteiger partial charge in [-0.25, -0.2) is 8.78 Å². The van der Waals surface area contributed by atoms with E-state index in [1.807, 2.05) is 0 Å². The van der Waals surface area contributed by atoms with Crippen molar-refractivity contribution in [2.45, 2.75) is 43.2 Å². The van der Waals surface area contributed by atoms with Gasteiger partial charge in [0.1, 0.15) is 11.6 Å². The van der Waals surface area contributed by atoms with E-state index in [0.717, 1.165) is 24.5 Å². The third kappa shape index (κ3) is 4.41. The number of carbonyl (C=O) groups excluding carboxylic acids is 2. The third-order valence-corrected chi connectivity index (χ3v) is 7.08. The number of amides is 2. The summed E-state index contributed by atoms with van der Waals surface area (Å²) < 4.78 is 27.9. The molecule has 0 spiro atoms. The van der Waals surface area contributed by atoms with Gasteiger partial charge in [0, 0.05) is 41.8 Å². The average Bonchev–Trinajstić information content (AvgIpc) is 3.52. The van der Waals surface area contributed by atoms with E-state index in [9.17, 15) is 18.4 Å². The number of halogens is 2. The SMILES string of the molecule is NC(c1ccc(C(=O)Nc2ccncc2)cc1)C1CCCN1C(=O)C1(c2ccc(F)cc2F)CC1. The van der Waals surface area contributed by atoms with Crippen LogP contribution in [-0.4, -0.2) is 34.3 Å². The highest BCUT2D eigenvalue weighted by atomic mass is 19.1. The van der Waals surface area contributed by atoms with Crippen LogP contribution in [0, 0.1) is 11.6 Å². The molecule has 35 heavy (non-hydrogen) atoms. The fraction of sp³-hybridized carbons (Fsp3) is 0.296. The average molecular weight is 477 g/mol. The van der Waals surface area contributed by atoms with Crippen molar-refractivity contribution < 1.29 is 18.4 Å². The lowest BCUT2D eigenvalue weighted by atomic mass is 9.91. The van der Waals surface area contributed by atoms with Gasteiger partial charge in [0.15, 0.2) is 0 Å². The van der Waals surface area contributed by atoms with E-state index < -0.39 is 23.1 Å².